The molecule has 2 N–H and O–H groups in total. The lowest BCUT2D eigenvalue weighted by molar-refractivity contribution is 0.0977. The Balaban J connectivity index is 1.66. The highest BCUT2D eigenvalue weighted by molar-refractivity contribution is 7.80. The molecular weight excluding hydrogens is 418 g/mol. The van der Waals surface area contributed by atoms with Crippen LogP contribution in [0.4, 0.5) is 5.13 Å². The van der Waals surface area contributed by atoms with E-state index in [0.29, 0.717) is 27.2 Å². The van der Waals surface area contributed by atoms with Gasteiger partial charge in [-0.3, -0.25) is 10.1 Å². The number of halogens is 1. The summed E-state index contributed by atoms with van der Waals surface area (Å²) in [6, 6.07) is 12.3. The number of ether oxygens (including phenoxy) is 2. The summed E-state index contributed by atoms with van der Waals surface area (Å²) in [5, 5.41) is 8.81. The molecule has 144 valence electrons. The van der Waals surface area contributed by atoms with Crippen molar-refractivity contribution in [2.45, 2.75) is 0 Å². The molecule has 0 aliphatic heterocycles. The second kappa shape index (κ2) is 9.01. The van der Waals surface area contributed by atoms with Crippen LogP contribution in [0.5, 0.6) is 11.5 Å². The largest absolute Gasteiger partial charge is 0.497 e. The molecule has 2 aromatic carbocycles. The van der Waals surface area contributed by atoms with Gasteiger partial charge in [0.2, 0.25) is 0 Å². The van der Waals surface area contributed by atoms with Crippen molar-refractivity contribution in [3.8, 4) is 22.8 Å². The minimum absolute atomic E-state index is 0.142. The Kier molecular flexibility index (Phi) is 6.45. The van der Waals surface area contributed by atoms with E-state index in [0.717, 1.165) is 11.3 Å². The maximum absolute atomic E-state index is 12.5. The third kappa shape index (κ3) is 4.98. The van der Waals surface area contributed by atoms with Gasteiger partial charge in [-0.2, -0.15) is 0 Å². The first-order chi connectivity index (χ1) is 13.5. The average Bonchev–Trinajstić information content (AvgIpc) is 3.16. The molecular formula is C19H16ClN3O3S2. The highest BCUT2D eigenvalue weighted by Crippen LogP contribution is 2.26. The van der Waals surface area contributed by atoms with Crippen molar-refractivity contribution in [2.24, 2.45) is 0 Å². The number of benzene rings is 2. The molecule has 1 amide bonds. The maximum atomic E-state index is 12.5. The zero-order valence-electron chi connectivity index (χ0n) is 15.0. The summed E-state index contributed by atoms with van der Waals surface area (Å²) in [5.41, 5.74) is 2.09. The molecule has 0 fully saturated rings. The van der Waals surface area contributed by atoms with Crippen LogP contribution < -0.4 is 20.1 Å². The third-order valence-electron chi connectivity index (χ3n) is 3.71. The van der Waals surface area contributed by atoms with Crippen molar-refractivity contribution in [1.82, 2.24) is 10.3 Å². The molecule has 0 aliphatic rings. The first-order valence-electron chi connectivity index (χ1n) is 8.05. The highest BCUT2D eigenvalue weighted by Gasteiger charge is 2.13. The number of methoxy groups -OCH3 is 2. The number of nitrogens with one attached hydrogen (secondary N) is 2. The van der Waals surface area contributed by atoms with E-state index in [1.807, 2.05) is 17.5 Å². The Morgan fingerprint density at radius 3 is 2.36 bits per heavy atom. The van der Waals surface area contributed by atoms with Crippen molar-refractivity contribution in [2.75, 3.05) is 19.5 Å². The van der Waals surface area contributed by atoms with E-state index in [1.165, 1.54) is 25.6 Å². The molecule has 9 heteroatoms. The minimum Gasteiger partial charge on any atom is -0.497 e. The van der Waals surface area contributed by atoms with Gasteiger partial charge in [-0.05, 0) is 36.5 Å². The molecule has 1 aromatic heterocycles. The van der Waals surface area contributed by atoms with Gasteiger partial charge in [0.15, 0.2) is 10.2 Å². The number of carbonyl (C=O) groups is 1. The van der Waals surface area contributed by atoms with Crippen molar-refractivity contribution in [3.05, 3.63) is 58.4 Å². The predicted molar refractivity (Wildman–Crippen MR) is 116 cm³/mol. The zero-order valence-corrected chi connectivity index (χ0v) is 17.4. The van der Waals surface area contributed by atoms with E-state index in [1.54, 1.807) is 30.3 Å². The predicted octanol–water partition coefficient (Wildman–Crippen LogP) is 4.61. The molecule has 0 bridgehead atoms. The molecule has 0 aliphatic carbocycles. The van der Waals surface area contributed by atoms with Crippen LogP contribution in [0.1, 0.15) is 10.4 Å². The number of thiazole rings is 1. The van der Waals surface area contributed by atoms with Crippen LogP contribution in [0, 0.1) is 0 Å². The Labute approximate surface area is 176 Å². The summed E-state index contributed by atoms with van der Waals surface area (Å²) >= 11 is 12.5. The zero-order chi connectivity index (χ0) is 20.1. The van der Waals surface area contributed by atoms with Gasteiger partial charge in [-0.15, -0.1) is 11.3 Å². The minimum atomic E-state index is -0.385. The van der Waals surface area contributed by atoms with Crippen LogP contribution in [-0.4, -0.2) is 30.2 Å². The van der Waals surface area contributed by atoms with Crippen LogP contribution in [-0.2, 0) is 0 Å². The molecule has 28 heavy (non-hydrogen) atoms. The van der Waals surface area contributed by atoms with Gasteiger partial charge < -0.3 is 14.8 Å². The van der Waals surface area contributed by atoms with Gasteiger partial charge in [0, 0.05) is 27.6 Å². The third-order valence-corrected chi connectivity index (χ3v) is 4.92. The van der Waals surface area contributed by atoms with Gasteiger partial charge in [0.1, 0.15) is 11.5 Å². The van der Waals surface area contributed by atoms with E-state index in [4.69, 9.17) is 33.3 Å². The van der Waals surface area contributed by atoms with Gasteiger partial charge in [-0.25, -0.2) is 4.98 Å². The van der Waals surface area contributed by atoms with Crippen LogP contribution >= 0.6 is 35.2 Å². The SMILES string of the molecule is COc1cc(OC)cc(C(=O)NC(=S)Nc2nc(-c3ccc(Cl)cc3)cs2)c1. The number of rotatable bonds is 5. The topological polar surface area (TPSA) is 72.5 Å². The average molecular weight is 434 g/mol. The van der Waals surface area contributed by atoms with Crippen molar-refractivity contribution in [3.63, 3.8) is 0 Å². The van der Waals surface area contributed by atoms with Crippen LogP contribution in [0.2, 0.25) is 5.02 Å². The number of hydrogen-bond donors (Lipinski definition) is 2. The van der Waals surface area contributed by atoms with Crippen molar-refractivity contribution in [1.29, 1.82) is 0 Å². The molecule has 0 atom stereocenters. The van der Waals surface area contributed by atoms with E-state index < -0.39 is 0 Å². The number of hydrogen-bond acceptors (Lipinski definition) is 6. The van der Waals surface area contributed by atoms with Crippen LogP contribution in [0.3, 0.4) is 0 Å². The van der Waals surface area contributed by atoms with E-state index in [-0.39, 0.29) is 11.0 Å². The van der Waals surface area contributed by atoms with Gasteiger partial charge in [0.25, 0.3) is 5.91 Å². The van der Waals surface area contributed by atoms with Crippen LogP contribution in [0.15, 0.2) is 47.8 Å². The molecule has 3 aromatic rings. The number of nitrogens with zero attached hydrogens (tertiary/aromatic N) is 1. The lowest BCUT2D eigenvalue weighted by Crippen LogP contribution is -2.34. The maximum Gasteiger partial charge on any atom is 0.257 e. The second-order valence-electron chi connectivity index (χ2n) is 5.55. The summed E-state index contributed by atoms with van der Waals surface area (Å²) in [6.45, 7) is 0. The van der Waals surface area contributed by atoms with Crippen molar-refractivity contribution < 1.29 is 14.3 Å². The summed E-state index contributed by atoms with van der Waals surface area (Å²) < 4.78 is 10.4. The molecule has 1 heterocycles. The van der Waals surface area contributed by atoms with E-state index >= 15 is 0 Å². The summed E-state index contributed by atoms with van der Waals surface area (Å²) in [5.74, 6) is 0.635. The van der Waals surface area contributed by atoms with Gasteiger partial charge in [-0.1, -0.05) is 23.7 Å². The van der Waals surface area contributed by atoms with Crippen LogP contribution in [0.25, 0.3) is 11.3 Å². The van der Waals surface area contributed by atoms with Crippen molar-refractivity contribution >= 4 is 51.3 Å². The number of anilines is 1. The van der Waals surface area contributed by atoms with E-state index in [2.05, 4.69) is 15.6 Å². The number of carbonyl (C=O) groups excluding carboxylic acids is 1. The molecule has 6 nitrogen and oxygen atoms in total. The quantitative estimate of drug-likeness (QED) is 0.572. The summed E-state index contributed by atoms with van der Waals surface area (Å²) in [4.78, 5) is 16.9. The lowest BCUT2D eigenvalue weighted by Gasteiger charge is -2.10. The smallest absolute Gasteiger partial charge is 0.257 e. The highest BCUT2D eigenvalue weighted by atomic mass is 35.5. The molecule has 0 saturated carbocycles. The number of aromatic nitrogens is 1. The number of thiocarbonyl (C=S) groups is 1. The molecule has 0 spiro atoms. The number of amides is 1. The fourth-order valence-electron chi connectivity index (χ4n) is 2.33. The first-order valence-corrected chi connectivity index (χ1v) is 9.72. The van der Waals surface area contributed by atoms with Gasteiger partial charge in [0.05, 0.1) is 19.9 Å². The fourth-order valence-corrected chi connectivity index (χ4v) is 3.43. The molecule has 0 unspecified atom stereocenters. The Hall–Kier alpha value is -2.68. The Morgan fingerprint density at radius 2 is 1.75 bits per heavy atom. The summed E-state index contributed by atoms with van der Waals surface area (Å²) in [6.07, 6.45) is 0. The first kappa shape index (κ1) is 20.1. The van der Waals surface area contributed by atoms with Gasteiger partial charge >= 0.3 is 0 Å². The Bertz CT molecular complexity index is 984. The molecule has 0 saturated heterocycles. The summed E-state index contributed by atoms with van der Waals surface area (Å²) in [7, 11) is 3.03. The molecule has 3 rings (SSSR count). The van der Waals surface area contributed by atoms with E-state index in [9.17, 15) is 4.79 Å². The molecule has 0 radical (unpaired) electrons. The Morgan fingerprint density at radius 1 is 1.11 bits per heavy atom. The lowest BCUT2D eigenvalue weighted by atomic mass is 10.2. The second-order valence-corrected chi connectivity index (χ2v) is 7.26. The monoisotopic (exact) mass is 433 g/mol. The standard InChI is InChI=1S/C19H16ClN3O3S2/c1-25-14-7-12(8-15(9-14)26-2)17(24)22-18(27)23-19-21-16(10-28-19)11-3-5-13(20)6-4-11/h3-10H,1-2H3,(H2,21,22,23,24,27). The normalized spacial score (nSPS) is 10.2. The fraction of sp³-hybridized carbons (Fsp3) is 0.105.